The van der Waals surface area contributed by atoms with Crippen LogP contribution < -0.4 is 0 Å². The van der Waals surface area contributed by atoms with Crippen LogP contribution >= 0.6 is 11.6 Å². The van der Waals surface area contributed by atoms with E-state index < -0.39 is 6.43 Å². The minimum atomic E-state index is -2.57. The van der Waals surface area contributed by atoms with Gasteiger partial charge in [-0.1, -0.05) is 17.7 Å². The molecule has 2 nitrogen and oxygen atoms in total. The fraction of sp³-hybridized carbons (Fsp3) is 0.100. The molecule has 0 aliphatic carbocycles. The van der Waals surface area contributed by atoms with Gasteiger partial charge >= 0.3 is 0 Å². The van der Waals surface area contributed by atoms with Gasteiger partial charge in [-0.15, -0.1) is 0 Å². The van der Waals surface area contributed by atoms with Crippen molar-refractivity contribution >= 4 is 11.6 Å². The second-order valence-electron chi connectivity index (χ2n) is 3.02. The zero-order valence-electron chi connectivity index (χ0n) is 7.55. The van der Waals surface area contributed by atoms with Gasteiger partial charge in [-0.2, -0.15) is 5.10 Å². The first-order valence-corrected chi connectivity index (χ1v) is 4.63. The van der Waals surface area contributed by atoms with Crippen LogP contribution in [0.15, 0.2) is 30.6 Å². The summed E-state index contributed by atoms with van der Waals surface area (Å²) in [7, 11) is 0. The Labute approximate surface area is 89.9 Å². The molecule has 2 aromatic rings. The number of hydrogen-bond acceptors (Lipinski definition) is 1. The van der Waals surface area contributed by atoms with Crippen LogP contribution in [0, 0.1) is 0 Å². The molecule has 1 N–H and O–H groups in total. The summed E-state index contributed by atoms with van der Waals surface area (Å²) < 4.78 is 25.1. The number of aromatic nitrogens is 2. The predicted molar refractivity (Wildman–Crippen MR) is 54.0 cm³/mol. The van der Waals surface area contributed by atoms with Crippen LogP contribution in [0.4, 0.5) is 8.78 Å². The molecule has 0 unspecified atom stereocenters. The Morgan fingerprint density at radius 1 is 1.27 bits per heavy atom. The molecule has 1 aromatic carbocycles. The van der Waals surface area contributed by atoms with E-state index in [9.17, 15) is 8.78 Å². The van der Waals surface area contributed by atoms with Gasteiger partial charge in [-0.25, -0.2) is 8.78 Å². The average Bonchev–Trinajstić information content (AvgIpc) is 2.71. The van der Waals surface area contributed by atoms with Crippen molar-refractivity contribution in [3.05, 3.63) is 41.2 Å². The van der Waals surface area contributed by atoms with E-state index in [0.29, 0.717) is 5.56 Å². The molecule has 0 bridgehead atoms. The second kappa shape index (κ2) is 3.98. The highest BCUT2D eigenvalue weighted by molar-refractivity contribution is 6.31. The maximum absolute atomic E-state index is 12.5. The summed E-state index contributed by atoms with van der Waals surface area (Å²) in [5.41, 5.74) is 1.27. The van der Waals surface area contributed by atoms with E-state index in [-0.39, 0.29) is 10.6 Å². The van der Waals surface area contributed by atoms with Crippen LogP contribution in [0.1, 0.15) is 12.0 Å². The standard InChI is InChI=1S/C10H7ClF2N2/c11-9-2-1-6(3-8(9)10(12)13)7-4-14-15-5-7/h1-5,10H,(H,14,15). The predicted octanol–water partition coefficient (Wildman–Crippen LogP) is 3.67. The van der Waals surface area contributed by atoms with Gasteiger partial charge in [0.05, 0.1) is 6.20 Å². The first-order chi connectivity index (χ1) is 7.18. The van der Waals surface area contributed by atoms with Crippen LogP contribution in [-0.2, 0) is 0 Å². The molecule has 15 heavy (non-hydrogen) atoms. The monoisotopic (exact) mass is 228 g/mol. The molecule has 0 fully saturated rings. The lowest BCUT2D eigenvalue weighted by Crippen LogP contribution is -1.87. The van der Waals surface area contributed by atoms with Gasteiger partial charge in [-0.05, 0) is 17.7 Å². The number of alkyl halides is 2. The van der Waals surface area contributed by atoms with Crippen molar-refractivity contribution in [1.29, 1.82) is 0 Å². The lowest BCUT2D eigenvalue weighted by molar-refractivity contribution is 0.151. The molecule has 0 amide bonds. The highest BCUT2D eigenvalue weighted by atomic mass is 35.5. The minimum absolute atomic E-state index is 0.0808. The average molecular weight is 229 g/mol. The number of H-pyrrole nitrogens is 1. The van der Waals surface area contributed by atoms with Crippen molar-refractivity contribution in [3.8, 4) is 11.1 Å². The molecule has 1 heterocycles. The third-order valence-corrected chi connectivity index (χ3v) is 2.41. The molecule has 0 spiro atoms. The molecule has 1 aromatic heterocycles. The van der Waals surface area contributed by atoms with E-state index >= 15 is 0 Å². The van der Waals surface area contributed by atoms with Crippen molar-refractivity contribution < 1.29 is 8.78 Å². The summed E-state index contributed by atoms with van der Waals surface area (Å²) in [6, 6.07) is 4.52. The van der Waals surface area contributed by atoms with E-state index in [4.69, 9.17) is 11.6 Å². The van der Waals surface area contributed by atoms with Crippen molar-refractivity contribution in [2.75, 3.05) is 0 Å². The first-order valence-electron chi connectivity index (χ1n) is 4.25. The van der Waals surface area contributed by atoms with Gasteiger partial charge < -0.3 is 0 Å². The zero-order valence-corrected chi connectivity index (χ0v) is 8.30. The van der Waals surface area contributed by atoms with E-state index in [1.807, 2.05) is 0 Å². The number of halogens is 3. The minimum Gasteiger partial charge on any atom is -0.285 e. The number of nitrogens with zero attached hydrogens (tertiary/aromatic N) is 1. The number of hydrogen-bond donors (Lipinski definition) is 1. The van der Waals surface area contributed by atoms with Gasteiger partial charge in [0, 0.05) is 22.3 Å². The first kappa shape index (κ1) is 10.1. The number of aromatic amines is 1. The molecular formula is C10H7ClF2N2. The van der Waals surface area contributed by atoms with Crippen molar-refractivity contribution in [1.82, 2.24) is 10.2 Å². The maximum atomic E-state index is 12.5. The number of benzene rings is 1. The molecule has 0 aliphatic rings. The largest absolute Gasteiger partial charge is 0.285 e. The van der Waals surface area contributed by atoms with Gasteiger partial charge in [0.15, 0.2) is 0 Å². The van der Waals surface area contributed by atoms with E-state index in [1.165, 1.54) is 12.1 Å². The van der Waals surface area contributed by atoms with Crippen LogP contribution in [0.2, 0.25) is 5.02 Å². The smallest absolute Gasteiger partial charge is 0.265 e. The summed E-state index contributed by atoms with van der Waals surface area (Å²) in [5.74, 6) is 0. The fourth-order valence-electron chi connectivity index (χ4n) is 1.30. The molecule has 5 heteroatoms. The summed E-state index contributed by atoms with van der Waals surface area (Å²) in [5, 5.41) is 6.45. The van der Waals surface area contributed by atoms with Crippen molar-refractivity contribution in [3.63, 3.8) is 0 Å². The fourth-order valence-corrected chi connectivity index (χ4v) is 1.50. The zero-order chi connectivity index (χ0) is 10.8. The normalized spacial score (nSPS) is 10.9. The van der Waals surface area contributed by atoms with Gasteiger partial charge in [-0.3, -0.25) is 5.10 Å². The molecule has 0 aliphatic heterocycles. The Morgan fingerprint density at radius 2 is 2.07 bits per heavy atom. The third kappa shape index (κ3) is 1.99. The van der Waals surface area contributed by atoms with E-state index in [1.54, 1.807) is 18.5 Å². The molecule has 0 saturated heterocycles. The number of rotatable bonds is 2. The lowest BCUT2D eigenvalue weighted by Gasteiger charge is -2.05. The Morgan fingerprint density at radius 3 is 2.67 bits per heavy atom. The molecular weight excluding hydrogens is 222 g/mol. The SMILES string of the molecule is FC(F)c1cc(-c2cn[nH]c2)ccc1Cl. The van der Waals surface area contributed by atoms with E-state index in [2.05, 4.69) is 10.2 Å². The summed E-state index contributed by atoms with van der Waals surface area (Å²) in [4.78, 5) is 0. The Kier molecular flexibility index (Phi) is 2.68. The molecule has 0 atom stereocenters. The van der Waals surface area contributed by atoms with Gasteiger partial charge in [0.25, 0.3) is 6.43 Å². The van der Waals surface area contributed by atoms with Crippen LogP contribution in [-0.4, -0.2) is 10.2 Å². The molecule has 0 radical (unpaired) electrons. The quantitative estimate of drug-likeness (QED) is 0.835. The summed E-state index contributed by atoms with van der Waals surface area (Å²) in [6.07, 6.45) is 0.640. The molecule has 2 rings (SSSR count). The van der Waals surface area contributed by atoms with Crippen molar-refractivity contribution in [2.45, 2.75) is 6.43 Å². The van der Waals surface area contributed by atoms with Crippen molar-refractivity contribution in [2.24, 2.45) is 0 Å². The Hall–Kier alpha value is -1.42. The maximum Gasteiger partial charge on any atom is 0.265 e. The van der Waals surface area contributed by atoms with Crippen LogP contribution in [0.25, 0.3) is 11.1 Å². The third-order valence-electron chi connectivity index (χ3n) is 2.06. The van der Waals surface area contributed by atoms with Crippen LogP contribution in [0.3, 0.4) is 0 Å². The highest BCUT2D eigenvalue weighted by Gasteiger charge is 2.13. The van der Waals surface area contributed by atoms with Gasteiger partial charge in [0.2, 0.25) is 0 Å². The van der Waals surface area contributed by atoms with Gasteiger partial charge in [0.1, 0.15) is 0 Å². The number of nitrogens with one attached hydrogen (secondary N) is 1. The summed E-state index contributed by atoms with van der Waals surface area (Å²) in [6.45, 7) is 0. The van der Waals surface area contributed by atoms with Crippen LogP contribution in [0.5, 0.6) is 0 Å². The molecule has 78 valence electrons. The lowest BCUT2D eigenvalue weighted by atomic mass is 10.1. The summed E-state index contributed by atoms with van der Waals surface area (Å²) >= 11 is 5.65. The topological polar surface area (TPSA) is 28.7 Å². The second-order valence-corrected chi connectivity index (χ2v) is 3.43. The molecule has 0 saturated carbocycles. The Balaban J connectivity index is 2.48. The highest BCUT2D eigenvalue weighted by Crippen LogP contribution is 2.31. The van der Waals surface area contributed by atoms with E-state index in [0.717, 1.165) is 5.56 Å². The Bertz CT molecular complexity index is 454.